The number of amides is 2. The minimum atomic E-state index is -0.256. The summed E-state index contributed by atoms with van der Waals surface area (Å²) in [5.41, 5.74) is 4.02. The first-order valence-corrected chi connectivity index (χ1v) is 8.59. The molecule has 2 amide bonds. The lowest BCUT2D eigenvalue weighted by Crippen LogP contribution is -2.35. The van der Waals surface area contributed by atoms with Crippen LogP contribution < -0.4 is 5.32 Å². The van der Waals surface area contributed by atoms with Crippen LogP contribution in [-0.2, 0) is 13.1 Å². The maximum atomic E-state index is 13.3. The lowest BCUT2D eigenvalue weighted by atomic mass is 9.97. The van der Waals surface area contributed by atoms with E-state index in [1.807, 2.05) is 13.0 Å². The van der Waals surface area contributed by atoms with E-state index in [0.717, 1.165) is 16.8 Å². The van der Waals surface area contributed by atoms with Crippen LogP contribution in [-0.4, -0.2) is 10.9 Å². The van der Waals surface area contributed by atoms with Gasteiger partial charge in [0, 0.05) is 18.8 Å². The van der Waals surface area contributed by atoms with Gasteiger partial charge in [0.05, 0.1) is 0 Å². The second kappa shape index (κ2) is 8.13. The van der Waals surface area contributed by atoms with Crippen LogP contribution in [0.2, 0.25) is 0 Å². The maximum absolute atomic E-state index is 13.3. The zero-order valence-electron chi connectivity index (χ0n) is 15.0. The first-order chi connectivity index (χ1) is 11.4. The molecule has 1 N–H and O–H groups in total. The van der Waals surface area contributed by atoms with E-state index in [0.29, 0.717) is 19.0 Å². The van der Waals surface area contributed by atoms with Crippen molar-refractivity contribution in [3.05, 3.63) is 58.6 Å². The van der Waals surface area contributed by atoms with Gasteiger partial charge in [0.15, 0.2) is 0 Å². The van der Waals surface area contributed by atoms with Gasteiger partial charge in [0.2, 0.25) is 0 Å². The van der Waals surface area contributed by atoms with Crippen LogP contribution in [0.1, 0.15) is 51.7 Å². The van der Waals surface area contributed by atoms with E-state index in [4.69, 9.17) is 0 Å². The summed E-state index contributed by atoms with van der Waals surface area (Å²) in [7, 11) is 0. The zero-order valence-corrected chi connectivity index (χ0v) is 15.0. The Labute approximate surface area is 144 Å². The van der Waals surface area contributed by atoms with Crippen molar-refractivity contribution >= 4 is 6.03 Å². The van der Waals surface area contributed by atoms with Crippen molar-refractivity contribution in [1.29, 1.82) is 0 Å². The summed E-state index contributed by atoms with van der Waals surface area (Å²) in [4.78, 5) is 14.0. The number of halogens is 1. The predicted molar refractivity (Wildman–Crippen MR) is 95.8 cm³/mol. The highest BCUT2D eigenvalue weighted by Crippen LogP contribution is 2.23. The molecule has 130 valence electrons. The van der Waals surface area contributed by atoms with Crippen LogP contribution in [0.5, 0.6) is 0 Å². The Morgan fingerprint density at radius 3 is 2.71 bits per heavy atom. The number of hydrogen-bond donors (Lipinski definition) is 1. The van der Waals surface area contributed by atoms with Gasteiger partial charge in [0.1, 0.15) is 5.82 Å². The Bertz CT molecular complexity index is 664. The summed E-state index contributed by atoms with van der Waals surface area (Å²) in [5.74, 6) is 0.298. The Balaban J connectivity index is 1.93. The molecule has 0 saturated heterocycles. The second-order valence-electron chi connectivity index (χ2n) is 6.65. The number of benzene rings is 1. The SMILES string of the molecule is CCCC(C)/C(C)=C/C=C(\C)NC(=O)N1Cc2ccc(F)cc2C1. The molecule has 3 nitrogen and oxygen atoms in total. The van der Waals surface area contributed by atoms with E-state index in [1.165, 1.54) is 30.5 Å². The van der Waals surface area contributed by atoms with Crippen LogP contribution in [0.3, 0.4) is 0 Å². The first kappa shape index (κ1) is 18.2. The second-order valence-corrected chi connectivity index (χ2v) is 6.65. The van der Waals surface area contributed by atoms with E-state index < -0.39 is 0 Å². The number of hydrogen-bond acceptors (Lipinski definition) is 1. The Morgan fingerprint density at radius 1 is 1.29 bits per heavy atom. The molecule has 1 unspecified atom stereocenters. The van der Waals surface area contributed by atoms with Gasteiger partial charge < -0.3 is 10.2 Å². The predicted octanol–water partition coefficient (Wildman–Crippen LogP) is 5.14. The molecule has 0 radical (unpaired) electrons. The molecule has 24 heavy (non-hydrogen) atoms. The molecule has 0 aromatic heterocycles. The van der Waals surface area contributed by atoms with E-state index in [9.17, 15) is 9.18 Å². The quantitative estimate of drug-likeness (QED) is 0.745. The average molecular weight is 330 g/mol. The van der Waals surface area contributed by atoms with Gasteiger partial charge in [-0.3, -0.25) is 0 Å². The van der Waals surface area contributed by atoms with Crippen LogP contribution in [0.4, 0.5) is 9.18 Å². The molecule has 1 heterocycles. The number of fused-ring (bicyclic) bond motifs is 1. The molecular formula is C20H27FN2O. The van der Waals surface area contributed by atoms with Crippen molar-refractivity contribution < 1.29 is 9.18 Å². The highest BCUT2D eigenvalue weighted by atomic mass is 19.1. The van der Waals surface area contributed by atoms with Gasteiger partial charge in [0.25, 0.3) is 0 Å². The molecule has 2 rings (SSSR count). The van der Waals surface area contributed by atoms with Crippen LogP contribution in [0.15, 0.2) is 41.6 Å². The van der Waals surface area contributed by atoms with Gasteiger partial charge in [-0.1, -0.05) is 38.0 Å². The lowest BCUT2D eigenvalue weighted by Gasteiger charge is -2.16. The number of rotatable bonds is 5. The molecule has 1 aromatic rings. The highest BCUT2D eigenvalue weighted by Gasteiger charge is 2.23. The third-order valence-electron chi connectivity index (χ3n) is 4.58. The van der Waals surface area contributed by atoms with Crippen molar-refractivity contribution in [3.8, 4) is 0 Å². The molecule has 0 aliphatic carbocycles. The van der Waals surface area contributed by atoms with Crippen LogP contribution >= 0.6 is 0 Å². The molecular weight excluding hydrogens is 303 g/mol. The molecule has 1 aliphatic heterocycles. The summed E-state index contributed by atoms with van der Waals surface area (Å²) in [6, 6.07) is 4.55. The fourth-order valence-electron chi connectivity index (χ4n) is 2.88. The Hall–Kier alpha value is -2.10. The summed E-state index contributed by atoms with van der Waals surface area (Å²) >= 11 is 0. The molecule has 4 heteroatoms. The molecule has 0 saturated carbocycles. The molecule has 0 bridgehead atoms. The van der Waals surface area contributed by atoms with Gasteiger partial charge >= 0.3 is 6.03 Å². The number of allylic oxidation sites excluding steroid dienone is 4. The maximum Gasteiger partial charge on any atom is 0.322 e. The molecule has 0 spiro atoms. The van der Waals surface area contributed by atoms with E-state index in [1.54, 1.807) is 11.0 Å². The zero-order chi connectivity index (χ0) is 17.7. The topological polar surface area (TPSA) is 32.3 Å². The summed E-state index contributed by atoms with van der Waals surface area (Å²) < 4.78 is 13.3. The Kier molecular flexibility index (Phi) is 6.18. The van der Waals surface area contributed by atoms with Crippen molar-refractivity contribution in [1.82, 2.24) is 10.2 Å². The van der Waals surface area contributed by atoms with E-state index in [-0.39, 0.29) is 11.8 Å². The highest BCUT2D eigenvalue weighted by molar-refractivity contribution is 5.76. The minimum Gasteiger partial charge on any atom is -0.316 e. The third-order valence-corrected chi connectivity index (χ3v) is 4.58. The van der Waals surface area contributed by atoms with Gasteiger partial charge in [-0.2, -0.15) is 0 Å². The number of carbonyl (C=O) groups is 1. The normalized spacial score (nSPS) is 16.1. The smallest absolute Gasteiger partial charge is 0.316 e. The summed E-state index contributed by atoms with van der Waals surface area (Å²) in [6.07, 6.45) is 6.36. The van der Waals surface area contributed by atoms with Gasteiger partial charge in [-0.15, -0.1) is 0 Å². The lowest BCUT2D eigenvalue weighted by molar-refractivity contribution is 0.201. The van der Waals surface area contributed by atoms with Gasteiger partial charge in [-0.25, -0.2) is 9.18 Å². The van der Waals surface area contributed by atoms with Crippen molar-refractivity contribution in [2.45, 2.75) is 53.6 Å². The monoisotopic (exact) mass is 330 g/mol. The van der Waals surface area contributed by atoms with Crippen molar-refractivity contribution in [2.75, 3.05) is 0 Å². The third kappa shape index (κ3) is 4.70. The number of nitrogens with one attached hydrogen (secondary N) is 1. The standard InChI is InChI=1S/C20H27FN2O/c1-5-6-14(2)15(3)7-8-16(4)22-20(24)23-12-17-9-10-19(21)11-18(17)13-23/h7-11,14H,5-6,12-13H2,1-4H3,(H,22,24)/b15-7+,16-8+. The van der Waals surface area contributed by atoms with Gasteiger partial charge in [-0.05, 0) is 55.5 Å². The molecule has 0 fully saturated rings. The van der Waals surface area contributed by atoms with E-state index in [2.05, 4.69) is 32.2 Å². The summed E-state index contributed by atoms with van der Waals surface area (Å²) in [5, 5.41) is 2.91. The van der Waals surface area contributed by atoms with E-state index >= 15 is 0 Å². The fraction of sp³-hybridized carbons (Fsp3) is 0.450. The number of nitrogens with zero attached hydrogens (tertiary/aromatic N) is 1. The van der Waals surface area contributed by atoms with Crippen LogP contribution in [0, 0.1) is 11.7 Å². The fourth-order valence-corrected chi connectivity index (χ4v) is 2.88. The number of urea groups is 1. The average Bonchev–Trinajstić information content (AvgIpc) is 2.96. The Morgan fingerprint density at radius 2 is 2.00 bits per heavy atom. The van der Waals surface area contributed by atoms with Crippen molar-refractivity contribution in [3.63, 3.8) is 0 Å². The number of carbonyl (C=O) groups excluding carboxylic acids is 1. The minimum absolute atomic E-state index is 0.145. The molecule has 1 atom stereocenters. The van der Waals surface area contributed by atoms with Crippen LogP contribution in [0.25, 0.3) is 0 Å². The first-order valence-electron chi connectivity index (χ1n) is 8.59. The largest absolute Gasteiger partial charge is 0.322 e. The summed E-state index contributed by atoms with van der Waals surface area (Å²) in [6.45, 7) is 9.39. The van der Waals surface area contributed by atoms with Crippen molar-refractivity contribution in [2.24, 2.45) is 5.92 Å². The molecule has 1 aliphatic rings. The molecule has 1 aromatic carbocycles.